The fourth-order valence-electron chi connectivity index (χ4n) is 8.70. The molecule has 0 amide bonds. The molecular formula is C53H37N3. The van der Waals surface area contributed by atoms with E-state index < -0.39 is 0 Å². The van der Waals surface area contributed by atoms with Crippen LogP contribution < -0.4 is 5.32 Å². The monoisotopic (exact) mass is 715 g/mol. The second-order valence-corrected chi connectivity index (χ2v) is 14.6. The van der Waals surface area contributed by atoms with E-state index in [-0.39, 0.29) is 6.04 Å². The number of allylic oxidation sites excluding steroid dienone is 2. The van der Waals surface area contributed by atoms with E-state index in [2.05, 4.69) is 227 Å². The zero-order valence-corrected chi connectivity index (χ0v) is 30.7. The average molecular weight is 716 g/mol. The fourth-order valence-corrected chi connectivity index (χ4v) is 8.70. The van der Waals surface area contributed by atoms with Gasteiger partial charge in [0.1, 0.15) is 0 Å². The van der Waals surface area contributed by atoms with Crippen molar-refractivity contribution in [2.75, 3.05) is 0 Å². The number of rotatable bonds is 6. The van der Waals surface area contributed by atoms with Gasteiger partial charge in [-0.1, -0.05) is 146 Å². The molecule has 0 saturated heterocycles. The Balaban J connectivity index is 1.03. The van der Waals surface area contributed by atoms with Crippen LogP contribution in [0.2, 0.25) is 0 Å². The molecule has 10 aromatic rings. The average Bonchev–Trinajstić information content (AvgIpc) is 3.79. The first-order chi connectivity index (χ1) is 27.8. The molecule has 3 heterocycles. The van der Waals surface area contributed by atoms with E-state index in [1.807, 2.05) is 0 Å². The van der Waals surface area contributed by atoms with Gasteiger partial charge in [-0.25, -0.2) is 0 Å². The first-order valence-electron chi connectivity index (χ1n) is 19.3. The Bertz CT molecular complexity index is 3150. The third-order valence-corrected chi connectivity index (χ3v) is 11.3. The van der Waals surface area contributed by atoms with Gasteiger partial charge in [-0.15, -0.1) is 0 Å². The first kappa shape index (κ1) is 32.1. The quantitative estimate of drug-likeness (QED) is 0.182. The summed E-state index contributed by atoms with van der Waals surface area (Å²) < 4.78 is 4.82. The second kappa shape index (κ2) is 13.2. The van der Waals surface area contributed by atoms with Crippen LogP contribution in [0.25, 0.3) is 77.4 Å². The van der Waals surface area contributed by atoms with Gasteiger partial charge in [-0.05, 0) is 100 Å². The van der Waals surface area contributed by atoms with E-state index in [0.29, 0.717) is 0 Å². The van der Waals surface area contributed by atoms with E-state index in [1.165, 1.54) is 82.7 Å². The summed E-state index contributed by atoms with van der Waals surface area (Å²) >= 11 is 0. The van der Waals surface area contributed by atoms with E-state index in [1.54, 1.807) is 0 Å². The minimum absolute atomic E-state index is 0.00791. The van der Waals surface area contributed by atoms with Crippen LogP contribution in [0, 0.1) is 0 Å². The molecular weight excluding hydrogens is 679 g/mol. The van der Waals surface area contributed by atoms with Crippen molar-refractivity contribution >= 4 is 54.9 Å². The maximum atomic E-state index is 3.87. The number of hydrogen-bond donors (Lipinski definition) is 1. The van der Waals surface area contributed by atoms with Gasteiger partial charge in [0.15, 0.2) is 0 Å². The lowest BCUT2D eigenvalue weighted by Crippen LogP contribution is -2.22. The first-order valence-corrected chi connectivity index (χ1v) is 19.3. The van der Waals surface area contributed by atoms with Crippen molar-refractivity contribution in [2.24, 2.45) is 0 Å². The zero-order valence-electron chi connectivity index (χ0n) is 30.7. The van der Waals surface area contributed by atoms with Crippen molar-refractivity contribution in [3.8, 4) is 22.5 Å². The van der Waals surface area contributed by atoms with Gasteiger partial charge in [-0.3, -0.25) is 0 Å². The van der Waals surface area contributed by atoms with Gasteiger partial charge in [0.25, 0.3) is 0 Å². The molecule has 11 rings (SSSR count). The van der Waals surface area contributed by atoms with Gasteiger partial charge < -0.3 is 14.5 Å². The Hall–Kier alpha value is -7.36. The Labute approximate surface area is 325 Å². The summed E-state index contributed by atoms with van der Waals surface area (Å²) in [6, 6.07) is 72.4. The molecule has 8 aromatic carbocycles. The molecule has 1 aliphatic rings. The molecule has 0 bridgehead atoms. The van der Waals surface area contributed by atoms with Gasteiger partial charge in [0.05, 0.1) is 28.1 Å². The predicted octanol–water partition coefficient (Wildman–Crippen LogP) is 13.3. The number of nitrogens with one attached hydrogen (secondary N) is 1. The van der Waals surface area contributed by atoms with E-state index >= 15 is 0 Å². The minimum atomic E-state index is -0.00791. The number of fused-ring (bicyclic) bond motifs is 6. The highest BCUT2D eigenvalue weighted by Gasteiger charge is 2.20. The third-order valence-electron chi connectivity index (χ3n) is 11.3. The molecule has 1 N–H and O–H groups in total. The van der Waals surface area contributed by atoms with Crippen LogP contribution >= 0.6 is 0 Å². The maximum absolute atomic E-state index is 3.87. The second-order valence-electron chi connectivity index (χ2n) is 14.6. The van der Waals surface area contributed by atoms with E-state index in [4.69, 9.17) is 0 Å². The van der Waals surface area contributed by atoms with Crippen LogP contribution in [0.1, 0.15) is 22.7 Å². The van der Waals surface area contributed by atoms with Crippen LogP contribution in [0.5, 0.6) is 0 Å². The normalized spacial score (nSPS) is 14.2. The molecule has 0 spiro atoms. The SMILES string of the molecule is C1=C(c2ccccc2)C=C(c2ccccc2)NC1c1cccc(-n2c3ccccc3c3cc(-c4ccc5c6ccccc6n(-c6ccccc6)c5c4)ccc32)c1. The maximum Gasteiger partial charge on any atom is 0.0707 e. The molecule has 0 radical (unpaired) electrons. The summed E-state index contributed by atoms with van der Waals surface area (Å²) in [7, 11) is 0. The number of benzene rings is 8. The molecule has 1 aliphatic heterocycles. The number of dihydropyridines is 1. The van der Waals surface area contributed by atoms with Crippen molar-refractivity contribution in [3.63, 3.8) is 0 Å². The number of nitrogens with zero attached hydrogens (tertiary/aromatic N) is 2. The highest BCUT2D eigenvalue weighted by atomic mass is 15.0. The molecule has 1 unspecified atom stereocenters. The Morgan fingerprint density at radius 2 is 0.911 bits per heavy atom. The molecule has 2 aromatic heterocycles. The van der Waals surface area contributed by atoms with Crippen molar-refractivity contribution in [1.29, 1.82) is 0 Å². The summed E-state index contributed by atoms with van der Waals surface area (Å²) in [5, 5.41) is 8.87. The van der Waals surface area contributed by atoms with Crippen molar-refractivity contribution in [1.82, 2.24) is 14.5 Å². The predicted molar refractivity (Wildman–Crippen MR) is 235 cm³/mol. The van der Waals surface area contributed by atoms with Gasteiger partial charge >= 0.3 is 0 Å². The topological polar surface area (TPSA) is 21.9 Å². The fraction of sp³-hybridized carbons (Fsp3) is 0.0189. The number of para-hydroxylation sites is 3. The highest BCUT2D eigenvalue weighted by molar-refractivity contribution is 6.12. The van der Waals surface area contributed by atoms with Crippen LogP contribution in [-0.4, -0.2) is 9.13 Å². The van der Waals surface area contributed by atoms with Crippen LogP contribution in [0.15, 0.2) is 212 Å². The zero-order chi connectivity index (χ0) is 37.0. The summed E-state index contributed by atoms with van der Waals surface area (Å²) in [5.74, 6) is 0. The number of hydrogen-bond acceptors (Lipinski definition) is 1. The van der Waals surface area contributed by atoms with Crippen molar-refractivity contribution in [2.45, 2.75) is 6.04 Å². The van der Waals surface area contributed by atoms with Crippen LogP contribution in [-0.2, 0) is 0 Å². The Morgan fingerprint density at radius 3 is 1.66 bits per heavy atom. The van der Waals surface area contributed by atoms with Crippen molar-refractivity contribution < 1.29 is 0 Å². The van der Waals surface area contributed by atoms with Crippen LogP contribution in [0.4, 0.5) is 0 Å². The molecule has 56 heavy (non-hydrogen) atoms. The largest absolute Gasteiger partial charge is 0.374 e. The molecule has 1 atom stereocenters. The van der Waals surface area contributed by atoms with Gasteiger partial charge in [-0.2, -0.15) is 0 Å². The summed E-state index contributed by atoms with van der Waals surface area (Å²) in [5.41, 5.74) is 15.4. The summed E-state index contributed by atoms with van der Waals surface area (Å²) in [4.78, 5) is 0. The Kier molecular flexibility index (Phi) is 7.56. The third kappa shape index (κ3) is 5.36. The molecule has 3 nitrogen and oxygen atoms in total. The van der Waals surface area contributed by atoms with Crippen molar-refractivity contribution in [3.05, 3.63) is 229 Å². The van der Waals surface area contributed by atoms with E-state index in [0.717, 1.165) is 11.4 Å². The number of aromatic nitrogens is 2. The Morgan fingerprint density at radius 1 is 0.357 bits per heavy atom. The van der Waals surface area contributed by atoms with Crippen LogP contribution in [0.3, 0.4) is 0 Å². The van der Waals surface area contributed by atoms with E-state index in [9.17, 15) is 0 Å². The lowest BCUT2D eigenvalue weighted by atomic mass is 9.93. The van der Waals surface area contributed by atoms with Gasteiger partial charge in [0, 0.05) is 38.6 Å². The summed E-state index contributed by atoms with van der Waals surface area (Å²) in [6.45, 7) is 0. The lowest BCUT2D eigenvalue weighted by Gasteiger charge is -2.26. The molecule has 0 saturated carbocycles. The minimum Gasteiger partial charge on any atom is -0.374 e. The highest BCUT2D eigenvalue weighted by Crippen LogP contribution is 2.39. The lowest BCUT2D eigenvalue weighted by molar-refractivity contribution is 0.766. The molecule has 0 aliphatic carbocycles. The van der Waals surface area contributed by atoms with Gasteiger partial charge in [0.2, 0.25) is 0 Å². The molecule has 264 valence electrons. The molecule has 3 heteroatoms. The molecule has 0 fully saturated rings. The standard InChI is InChI=1S/C53H37N3/c1-4-15-36(16-5-1)41-33-48(37-17-6-2-7-18-37)54-49(34-41)40-19-14-22-43(31-40)56-51-26-13-11-24-45(51)47-32-38(28-30-52(47)56)39-27-29-46-44-23-10-12-25-50(44)55(53(46)35-39)42-20-8-3-9-21-42/h1-35,49,54H. The smallest absolute Gasteiger partial charge is 0.0707 e. The summed E-state index contributed by atoms with van der Waals surface area (Å²) in [6.07, 6.45) is 4.63.